The fourth-order valence-corrected chi connectivity index (χ4v) is 1.51. The van der Waals surface area contributed by atoms with Crippen LogP contribution in [0.4, 0.5) is 0 Å². The van der Waals surface area contributed by atoms with Crippen LogP contribution in [0.2, 0.25) is 0 Å². The topological polar surface area (TPSA) is 62.1 Å². The average molecular weight is 242 g/mol. The maximum atomic E-state index is 11.5. The molecule has 1 N–H and O–H groups in total. The number of esters is 1. The summed E-state index contributed by atoms with van der Waals surface area (Å²) in [6.45, 7) is 6.83. The zero-order valence-corrected chi connectivity index (χ0v) is 11.0. The standard InChI is InChI=1S/C11H18N2O2S/c1-5-15-11(14)9(6-12)10(16-4)13-7-8(2)3/h8,13H,5,7H2,1-4H3/b10-9-. The molecular weight excluding hydrogens is 224 g/mol. The van der Waals surface area contributed by atoms with Gasteiger partial charge in [-0.15, -0.1) is 11.8 Å². The highest BCUT2D eigenvalue weighted by Crippen LogP contribution is 2.15. The van der Waals surface area contributed by atoms with E-state index in [1.807, 2.05) is 12.3 Å². The fourth-order valence-electron chi connectivity index (χ4n) is 0.952. The van der Waals surface area contributed by atoms with Crippen molar-refractivity contribution in [2.24, 2.45) is 5.92 Å². The molecule has 0 aromatic heterocycles. The molecule has 0 unspecified atom stereocenters. The van der Waals surface area contributed by atoms with Gasteiger partial charge in [0, 0.05) is 6.54 Å². The second-order valence-corrected chi connectivity index (χ2v) is 4.33. The maximum absolute atomic E-state index is 11.5. The highest BCUT2D eigenvalue weighted by atomic mass is 32.2. The van der Waals surface area contributed by atoms with Gasteiger partial charge in [-0.3, -0.25) is 0 Å². The Morgan fingerprint density at radius 3 is 2.56 bits per heavy atom. The SMILES string of the molecule is CCOC(=O)/C(C#N)=C(/NCC(C)C)SC. The highest BCUT2D eigenvalue weighted by molar-refractivity contribution is 8.02. The Bertz CT molecular complexity index is 306. The van der Waals surface area contributed by atoms with Crippen molar-refractivity contribution >= 4 is 17.7 Å². The third-order valence-electron chi connectivity index (χ3n) is 1.69. The van der Waals surface area contributed by atoms with Crippen LogP contribution in [0.5, 0.6) is 0 Å². The first kappa shape index (κ1) is 14.8. The molecule has 0 aliphatic heterocycles. The van der Waals surface area contributed by atoms with Gasteiger partial charge >= 0.3 is 5.97 Å². The molecule has 16 heavy (non-hydrogen) atoms. The molecule has 5 heteroatoms. The summed E-state index contributed by atoms with van der Waals surface area (Å²) in [7, 11) is 0. The third-order valence-corrected chi connectivity index (χ3v) is 2.45. The highest BCUT2D eigenvalue weighted by Gasteiger charge is 2.16. The predicted octanol–water partition coefficient (Wildman–Crippen LogP) is 1.89. The lowest BCUT2D eigenvalue weighted by Gasteiger charge is -2.12. The Balaban J connectivity index is 4.78. The van der Waals surface area contributed by atoms with Crippen LogP contribution in [0.25, 0.3) is 0 Å². The molecular formula is C11H18N2O2S. The van der Waals surface area contributed by atoms with Crippen molar-refractivity contribution < 1.29 is 9.53 Å². The molecule has 0 saturated heterocycles. The summed E-state index contributed by atoms with van der Waals surface area (Å²) in [5, 5.41) is 12.6. The van der Waals surface area contributed by atoms with Gasteiger partial charge < -0.3 is 10.1 Å². The molecule has 0 fully saturated rings. The number of nitriles is 1. The lowest BCUT2D eigenvalue weighted by molar-refractivity contribution is -0.138. The van der Waals surface area contributed by atoms with Crippen molar-refractivity contribution in [2.45, 2.75) is 20.8 Å². The zero-order valence-electron chi connectivity index (χ0n) is 10.2. The summed E-state index contributed by atoms with van der Waals surface area (Å²) >= 11 is 1.34. The monoisotopic (exact) mass is 242 g/mol. The average Bonchev–Trinajstić information content (AvgIpc) is 2.24. The van der Waals surface area contributed by atoms with Crippen molar-refractivity contribution in [1.29, 1.82) is 5.26 Å². The number of rotatable bonds is 6. The van der Waals surface area contributed by atoms with Crippen LogP contribution in [-0.4, -0.2) is 25.4 Å². The third kappa shape index (κ3) is 5.08. The molecule has 0 saturated carbocycles. The number of thioether (sulfide) groups is 1. The van der Waals surface area contributed by atoms with Crippen LogP contribution >= 0.6 is 11.8 Å². The minimum Gasteiger partial charge on any atom is -0.462 e. The van der Waals surface area contributed by atoms with Gasteiger partial charge in [-0.05, 0) is 19.1 Å². The Morgan fingerprint density at radius 1 is 1.56 bits per heavy atom. The first-order valence-electron chi connectivity index (χ1n) is 5.16. The maximum Gasteiger partial charge on any atom is 0.351 e. The second kappa shape index (κ2) is 8.05. The van der Waals surface area contributed by atoms with Crippen molar-refractivity contribution in [3.05, 3.63) is 10.6 Å². The number of nitrogens with zero attached hydrogens (tertiary/aromatic N) is 1. The second-order valence-electron chi connectivity index (χ2n) is 3.52. The summed E-state index contributed by atoms with van der Waals surface area (Å²) in [4.78, 5) is 11.5. The van der Waals surface area contributed by atoms with E-state index in [1.54, 1.807) is 6.92 Å². The molecule has 0 aromatic rings. The van der Waals surface area contributed by atoms with Crippen molar-refractivity contribution in [3.8, 4) is 6.07 Å². The largest absolute Gasteiger partial charge is 0.462 e. The summed E-state index contributed by atoms with van der Waals surface area (Å²) in [6.07, 6.45) is 1.82. The van der Waals surface area contributed by atoms with Gasteiger partial charge in [0.1, 0.15) is 6.07 Å². The number of hydrogen-bond acceptors (Lipinski definition) is 5. The van der Waals surface area contributed by atoms with Crippen LogP contribution in [-0.2, 0) is 9.53 Å². The molecule has 0 heterocycles. The smallest absolute Gasteiger partial charge is 0.351 e. The van der Waals surface area contributed by atoms with E-state index in [1.165, 1.54) is 11.8 Å². The molecule has 0 bridgehead atoms. The van der Waals surface area contributed by atoms with Gasteiger partial charge in [0.15, 0.2) is 5.57 Å². The van der Waals surface area contributed by atoms with Crippen LogP contribution in [0, 0.1) is 17.2 Å². The van der Waals surface area contributed by atoms with Gasteiger partial charge in [-0.25, -0.2) is 4.79 Å². The van der Waals surface area contributed by atoms with E-state index < -0.39 is 5.97 Å². The van der Waals surface area contributed by atoms with Gasteiger partial charge in [-0.1, -0.05) is 13.8 Å². The number of carbonyl (C=O) groups is 1. The van der Waals surface area contributed by atoms with Crippen LogP contribution in [0.15, 0.2) is 10.6 Å². The molecule has 0 radical (unpaired) electrons. The Hall–Kier alpha value is -1.15. The first-order valence-corrected chi connectivity index (χ1v) is 6.38. The van der Waals surface area contributed by atoms with Gasteiger partial charge in [0.25, 0.3) is 0 Å². The molecule has 0 aromatic carbocycles. The normalized spacial score (nSPS) is 11.8. The quantitative estimate of drug-likeness (QED) is 0.438. The summed E-state index contributed by atoms with van der Waals surface area (Å²) < 4.78 is 4.81. The lowest BCUT2D eigenvalue weighted by atomic mass is 10.2. The van der Waals surface area contributed by atoms with E-state index in [2.05, 4.69) is 19.2 Å². The molecule has 0 aliphatic rings. The molecule has 90 valence electrons. The van der Waals surface area contributed by atoms with Crippen LogP contribution in [0.3, 0.4) is 0 Å². The summed E-state index contributed by atoms with van der Waals surface area (Å²) in [6, 6.07) is 1.88. The van der Waals surface area contributed by atoms with Crippen LogP contribution in [0.1, 0.15) is 20.8 Å². The first-order chi connectivity index (χ1) is 7.56. The Morgan fingerprint density at radius 2 is 2.19 bits per heavy atom. The van der Waals surface area contributed by atoms with Gasteiger partial charge in [-0.2, -0.15) is 5.26 Å². The zero-order chi connectivity index (χ0) is 12.6. The Kier molecular flexibility index (Phi) is 7.48. The van der Waals surface area contributed by atoms with Gasteiger partial charge in [0.2, 0.25) is 0 Å². The predicted molar refractivity (Wildman–Crippen MR) is 65.6 cm³/mol. The number of hydrogen-bond donors (Lipinski definition) is 1. The van der Waals surface area contributed by atoms with Crippen molar-refractivity contribution in [3.63, 3.8) is 0 Å². The van der Waals surface area contributed by atoms with E-state index in [4.69, 9.17) is 10.00 Å². The van der Waals surface area contributed by atoms with E-state index in [0.29, 0.717) is 10.9 Å². The van der Waals surface area contributed by atoms with E-state index in [-0.39, 0.29) is 12.2 Å². The minimum absolute atomic E-state index is 0.0509. The van der Waals surface area contributed by atoms with E-state index in [0.717, 1.165) is 6.54 Å². The van der Waals surface area contributed by atoms with Crippen molar-refractivity contribution in [2.75, 3.05) is 19.4 Å². The Labute approximate surface area is 101 Å². The van der Waals surface area contributed by atoms with Crippen molar-refractivity contribution in [1.82, 2.24) is 5.32 Å². The molecule has 4 nitrogen and oxygen atoms in total. The molecule has 0 rings (SSSR count). The van der Waals surface area contributed by atoms with E-state index in [9.17, 15) is 4.79 Å². The fraction of sp³-hybridized carbons (Fsp3) is 0.636. The van der Waals surface area contributed by atoms with Crippen LogP contribution < -0.4 is 5.32 Å². The number of nitrogens with one attached hydrogen (secondary N) is 1. The molecule has 0 spiro atoms. The molecule has 0 aliphatic carbocycles. The number of carbonyl (C=O) groups excluding carboxylic acids is 1. The van der Waals surface area contributed by atoms with Gasteiger partial charge in [0.05, 0.1) is 11.6 Å². The molecule has 0 amide bonds. The minimum atomic E-state index is -0.564. The lowest BCUT2D eigenvalue weighted by Crippen LogP contribution is -2.21. The number of ether oxygens (including phenoxy) is 1. The van der Waals surface area contributed by atoms with E-state index >= 15 is 0 Å². The summed E-state index contributed by atoms with van der Waals surface area (Å²) in [5.41, 5.74) is 0.0509. The summed E-state index contributed by atoms with van der Waals surface area (Å²) in [5.74, 6) is -0.116. The molecule has 0 atom stereocenters.